The second-order valence-electron chi connectivity index (χ2n) is 5.10. The molecule has 0 atom stereocenters. The molecule has 23 heavy (non-hydrogen) atoms. The first-order chi connectivity index (χ1) is 11.2. The topological polar surface area (TPSA) is 67.1 Å². The van der Waals surface area contributed by atoms with E-state index in [4.69, 9.17) is 21.4 Å². The van der Waals surface area contributed by atoms with Crippen molar-refractivity contribution in [3.05, 3.63) is 53.3 Å². The molecule has 3 rings (SSSR count). The van der Waals surface area contributed by atoms with Crippen molar-refractivity contribution in [3.8, 4) is 0 Å². The summed E-state index contributed by atoms with van der Waals surface area (Å²) in [5, 5.41) is 9.78. The molecule has 1 aromatic carbocycles. The first kappa shape index (κ1) is 15.6. The van der Waals surface area contributed by atoms with E-state index in [0.29, 0.717) is 29.6 Å². The molecule has 5 nitrogen and oxygen atoms in total. The lowest BCUT2D eigenvalue weighted by Crippen LogP contribution is -2.20. The molecule has 6 heteroatoms. The maximum atomic E-state index is 9.14. The number of nitrogens with zero attached hydrogens (tertiary/aromatic N) is 3. The second kappa shape index (κ2) is 7.35. The highest BCUT2D eigenvalue weighted by Gasteiger charge is 2.14. The van der Waals surface area contributed by atoms with E-state index in [2.05, 4.69) is 15.0 Å². The van der Waals surface area contributed by atoms with E-state index in [1.165, 1.54) is 0 Å². The molecule has 0 saturated carbocycles. The molecule has 0 spiro atoms. The molecule has 0 unspecified atom stereocenters. The Balaban J connectivity index is 1.78. The zero-order chi connectivity index (χ0) is 16.1. The van der Waals surface area contributed by atoms with Crippen LogP contribution in [0, 0.1) is 0 Å². The quantitative estimate of drug-likeness (QED) is 0.930. The molecule has 0 aliphatic carbocycles. The predicted octanol–water partition coefficient (Wildman–Crippen LogP) is 3.84. The van der Waals surface area contributed by atoms with E-state index in [9.17, 15) is 0 Å². The van der Waals surface area contributed by atoms with E-state index >= 15 is 0 Å². The lowest BCUT2D eigenvalue weighted by atomic mass is 10.1. The monoisotopic (exact) mass is 329 g/mol. The number of aliphatic hydroxyl groups excluding tert-OH is 1. The first-order valence-corrected chi connectivity index (χ1v) is 7.69. The third-order valence-electron chi connectivity index (χ3n) is 3.33. The third-order valence-corrected chi connectivity index (χ3v) is 3.56. The van der Waals surface area contributed by atoms with Gasteiger partial charge in [0.05, 0.1) is 36.7 Å². The number of benzene rings is 1. The molecule has 1 saturated heterocycles. The highest BCUT2D eigenvalue weighted by Crippen LogP contribution is 2.21. The Morgan fingerprint density at radius 2 is 2.04 bits per heavy atom. The maximum Gasteiger partial charge on any atom is 0.194 e. The molecule has 1 aliphatic heterocycles. The summed E-state index contributed by atoms with van der Waals surface area (Å²) in [4.78, 5) is 13.1. The van der Waals surface area contributed by atoms with E-state index < -0.39 is 0 Å². The molecule has 118 valence electrons. The van der Waals surface area contributed by atoms with Crippen LogP contribution in [0.5, 0.6) is 0 Å². The summed E-state index contributed by atoms with van der Waals surface area (Å²) < 4.78 is 5.61. The van der Waals surface area contributed by atoms with Crippen LogP contribution in [0.4, 0.5) is 11.4 Å². The Bertz CT molecular complexity index is 759. The van der Waals surface area contributed by atoms with Gasteiger partial charge in [-0.25, -0.2) is 4.99 Å². The van der Waals surface area contributed by atoms with Crippen LogP contribution in [0.1, 0.15) is 18.5 Å². The van der Waals surface area contributed by atoms with Gasteiger partial charge in [0.25, 0.3) is 0 Å². The Labute approximate surface area is 139 Å². The summed E-state index contributed by atoms with van der Waals surface area (Å²) in [6, 6.07) is 10.9. The zero-order valence-corrected chi connectivity index (χ0v) is 13.2. The fraction of sp³-hybridized carbons (Fsp3) is 0.235. The molecule has 0 radical (unpaired) electrons. The predicted molar refractivity (Wildman–Crippen MR) is 91.0 cm³/mol. The molecule has 1 N–H and O–H groups in total. The van der Waals surface area contributed by atoms with Crippen molar-refractivity contribution in [1.82, 2.24) is 4.98 Å². The minimum absolute atomic E-state index is 0.0940. The van der Waals surface area contributed by atoms with Gasteiger partial charge in [-0.1, -0.05) is 17.7 Å². The number of aliphatic imine (C=N–C) groups is 2. The molecular weight excluding hydrogens is 314 g/mol. The SMILES string of the molecule is OCc1cc(N=C2CCOC(=Nc3cccc(Cl)c3)C2)ccn1. The van der Waals surface area contributed by atoms with Crippen LogP contribution < -0.4 is 0 Å². The molecular formula is C17H16ClN3O2. The lowest BCUT2D eigenvalue weighted by Gasteiger charge is -2.17. The smallest absolute Gasteiger partial charge is 0.194 e. The minimum Gasteiger partial charge on any atom is -0.480 e. The summed E-state index contributed by atoms with van der Waals surface area (Å²) in [5.74, 6) is 0.633. The van der Waals surface area contributed by atoms with Crippen LogP contribution in [0.15, 0.2) is 52.6 Å². The number of pyridine rings is 1. The van der Waals surface area contributed by atoms with Crippen molar-refractivity contribution < 1.29 is 9.84 Å². The standard InChI is InChI=1S/C17H16ClN3O2/c18-12-2-1-3-13(8-12)21-17-10-15(5-7-23-17)20-14-4-6-19-16(9-14)11-22/h1-4,6,8-9,22H,5,7,10-11H2. The summed E-state index contributed by atoms with van der Waals surface area (Å²) in [5.41, 5.74) is 3.14. The van der Waals surface area contributed by atoms with Crippen LogP contribution in [-0.2, 0) is 11.3 Å². The van der Waals surface area contributed by atoms with E-state index in [1.54, 1.807) is 18.3 Å². The number of aliphatic hydroxyl groups is 1. The van der Waals surface area contributed by atoms with Gasteiger partial charge in [-0.15, -0.1) is 0 Å². The Morgan fingerprint density at radius 1 is 1.17 bits per heavy atom. The van der Waals surface area contributed by atoms with Crippen molar-refractivity contribution in [2.24, 2.45) is 9.98 Å². The lowest BCUT2D eigenvalue weighted by molar-refractivity contribution is 0.277. The minimum atomic E-state index is -0.0940. The number of hydrogen-bond donors (Lipinski definition) is 1. The van der Waals surface area contributed by atoms with Crippen LogP contribution >= 0.6 is 11.6 Å². The third kappa shape index (κ3) is 4.37. The van der Waals surface area contributed by atoms with Crippen LogP contribution in [-0.4, -0.2) is 28.3 Å². The highest BCUT2D eigenvalue weighted by atomic mass is 35.5. The number of ether oxygens (including phenoxy) is 1. The van der Waals surface area contributed by atoms with E-state index in [-0.39, 0.29) is 6.61 Å². The highest BCUT2D eigenvalue weighted by molar-refractivity contribution is 6.30. The fourth-order valence-corrected chi connectivity index (χ4v) is 2.45. The van der Waals surface area contributed by atoms with Crippen LogP contribution in [0.3, 0.4) is 0 Å². The number of halogens is 1. The molecule has 0 bridgehead atoms. The Kier molecular flexibility index (Phi) is 5.00. The van der Waals surface area contributed by atoms with Gasteiger partial charge in [0.1, 0.15) is 0 Å². The fourth-order valence-electron chi connectivity index (χ4n) is 2.26. The average Bonchev–Trinajstić information content (AvgIpc) is 2.55. The van der Waals surface area contributed by atoms with Crippen LogP contribution in [0.2, 0.25) is 5.02 Å². The second-order valence-corrected chi connectivity index (χ2v) is 5.54. The van der Waals surface area contributed by atoms with Gasteiger partial charge in [0.2, 0.25) is 0 Å². The van der Waals surface area contributed by atoms with E-state index in [1.807, 2.05) is 24.3 Å². The molecule has 2 aromatic rings. The van der Waals surface area contributed by atoms with Gasteiger partial charge in [0, 0.05) is 23.4 Å². The van der Waals surface area contributed by atoms with Crippen molar-refractivity contribution in [3.63, 3.8) is 0 Å². The van der Waals surface area contributed by atoms with Gasteiger partial charge in [-0.3, -0.25) is 9.98 Å². The van der Waals surface area contributed by atoms with Gasteiger partial charge in [0.15, 0.2) is 5.90 Å². The van der Waals surface area contributed by atoms with Gasteiger partial charge in [-0.2, -0.15) is 0 Å². The number of hydrogen-bond acceptors (Lipinski definition) is 5. The van der Waals surface area contributed by atoms with Gasteiger partial charge < -0.3 is 9.84 Å². The first-order valence-electron chi connectivity index (χ1n) is 7.31. The van der Waals surface area contributed by atoms with Crippen molar-refractivity contribution >= 4 is 34.6 Å². The van der Waals surface area contributed by atoms with Gasteiger partial charge in [-0.05, 0) is 30.3 Å². The van der Waals surface area contributed by atoms with E-state index in [0.717, 1.165) is 23.5 Å². The zero-order valence-electron chi connectivity index (χ0n) is 12.4. The summed E-state index contributed by atoms with van der Waals surface area (Å²) >= 11 is 5.97. The Hall–Kier alpha value is -2.24. The summed E-state index contributed by atoms with van der Waals surface area (Å²) in [7, 11) is 0. The number of aromatic nitrogens is 1. The van der Waals surface area contributed by atoms with Crippen molar-refractivity contribution in [2.45, 2.75) is 19.4 Å². The average molecular weight is 330 g/mol. The molecule has 2 heterocycles. The van der Waals surface area contributed by atoms with Gasteiger partial charge >= 0.3 is 0 Å². The molecule has 1 aromatic heterocycles. The molecule has 1 aliphatic rings. The number of rotatable bonds is 3. The van der Waals surface area contributed by atoms with Crippen molar-refractivity contribution in [1.29, 1.82) is 0 Å². The Morgan fingerprint density at radius 3 is 2.87 bits per heavy atom. The molecule has 1 fully saturated rings. The summed E-state index contributed by atoms with van der Waals surface area (Å²) in [6.45, 7) is 0.458. The maximum absolute atomic E-state index is 9.14. The normalized spacial score (nSPS) is 18.2. The summed E-state index contributed by atoms with van der Waals surface area (Å²) in [6.07, 6.45) is 2.96. The van der Waals surface area contributed by atoms with Crippen LogP contribution in [0.25, 0.3) is 0 Å². The molecule has 0 amide bonds. The van der Waals surface area contributed by atoms with Crippen molar-refractivity contribution in [2.75, 3.05) is 6.61 Å². The largest absolute Gasteiger partial charge is 0.480 e.